The Morgan fingerprint density at radius 1 is 1.35 bits per heavy atom. The number of carbonyl (C=O) groups excluding carboxylic acids is 2. The second-order valence-corrected chi connectivity index (χ2v) is 7.21. The van der Waals surface area contributed by atoms with Crippen molar-refractivity contribution >= 4 is 23.5 Å². The van der Waals surface area contributed by atoms with E-state index in [2.05, 4.69) is 21.8 Å². The smallest absolute Gasteiger partial charge is 0.340 e. The third-order valence-corrected chi connectivity index (χ3v) is 5.11. The Bertz CT molecular complexity index is 838. The van der Waals surface area contributed by atoms with Crippen LogP contribution in [0.1, 0.15) is 51.8 Å². The summed E-state index contributed by atoms with van der Waals surface area (Å²) in [6.45, 7) is 13.5. The largest absolute Gasteiger partial charge is 0.462 e. The normalized spacial score (nSPS) is 12.0. The number of H-pyrrole nitrogens is 1. The fourth-order valence-electron chi connectivity index (χ4n) is 2.71. The van der Waals surface area contributed by atoms with Crippen LogP contribution in [0.2, 0.25) is 0 Å². The summed E-state index contributed by atoms with van der Waals surface area (Å²) in [5.41, 5.74) is 2.10. The lowest BCUT2D eigenvalue weighted by Crippen LogP contribution is -2.16. The van der Waals surface area contributed by atoms with Gasteiger partial charge in [-0.25, -0.2) is 4.79 Å². The fraction of sp³-hybridized carbons (Fsp3) is 0.444. The van der Waals surface area contributed by atoms with Gasteiger partial charge in [-0.1, -0.05) is 17.8 Å². The highest BCUT2D eigenvalue weighted by Crippen LogP contribution is 2.27. The Hall–Kier alpha value is -2.35. The number of thioether (sulfide) groups is 1. The van der Waals surface area contributed by atoms with Crippen LogP contribution < -0.4 is 0 Å². The number of nitrogens with one attached hydrogen (secondary N) is 1. The van der Waals surface area contributed by atoms with Crippen molar-refractivity contribution in [2.24, 2.45) is 0 Å². The summed E-state index contributed by atoms with van der Waals surface area (Å²) in [5.74, 6) is 0.250. The first-order valence-corrected chi connectivity index (χ1v) is 9.27. The maximum absolute atomic E-state index is 12.9. The molecule has 0 aromatic carbocycles. The van der Waals surface area contributed by atoms with Crippen LogP contribution >= 0.6 is 11.8 Å². The summed E-state index contributed by atoms with van der Waals surface area (Å²) in [6, 6.07) is 0. The molecule has 0 aliphatic heterocycles. The number of hydrogen-bond donors (Lipinski definition) is 1. The molecule has 2 aromatic rings. The molecule has 0 amide bonds. The van der Waals surface area contributed by atoms with E-state index in [1.165, 1.54) is 11.8 Å². The van der Waals surface area contributed by atoms with Gasteiger partial charge in [0.05, 0.1) is 23.1 Å². The maximum atomic E-state index is 12.9. The zero-order chi connectivity index (χ0) is 19.4. The Kier molecular flexibility index (Phi) is 6.42. The van der Waals surface area contributed by atoms with Crippen LogP contribution in [-0.4, -0.2) is 43.4 Å². The number of ketones is 1. The molecular formula is C18H24N4O3S. The van der Waals surface area contributed by atoms with E-state index in [9.17, 15) is 9.59 Å². The summed E-state index contributed by atoms with van der Waals surface area (Å²) in [7, 11) is 0. The number of hydrogen-bond acceptors (Lipinski definition) is 6. The molecule has 1 N–H and O–H groups in total. The highest BCUT2D eigenvalue weighted by Gasteiger charge is 2.27. The van der Waals surface area contributed by atoms with Gasteiger partial charge in [0.25, 0.3) is 0 Å². The van der Waals surface area contributed by atoms with Gasteiger partial charge in [-0.3, -0.25) is 4.79 Å². The van der Waals surface area contributed by atoms with Gasteiger partial charge in [0.2, 0.25) is 0 Å². The Labute approximate surface area is 157 Å². The molecule has 7 nitrogen and oxygen atoms in total. The van der Waals surface area contributed by atoms with Crippen molar-refractivity contribution in [2.45, 2.75) is 51.6 Å². The number of esters is 1. The molecule has 0 radical (unpaired) electrons. The van der Waals surface area contributed by atoms with E-state index in [1.807, 2.05) is 18.4 Å². The average Bonchev–Trinajstić information content (AvgIpc) is 3.08. The maximum Gasteiger partial charge on any atom is 0.340 e. The first-order chi connectivity index (χ1) is 12.3. The van der Waals surface area contributed by atoms with E-state index in [0.29, 0.717) is 34.2 Å². The van der Waals surface area contributed by atoms with Gasteiger partial charge in [-0.15, -0.1) is 16.8 Å². The van der Waals surface area contributed by atoms with Gasteiger partial charge in [-0.05, 0) is 40.2 Å². The van der Waals surface area contributed by atoms with Gasteiger partial charge in [0.1, 0.15) is 5.82 Å². The Balaban J connectivity index is 2.25. The first kappa shape index (κ1) is 20.0. The van der Waals surface area contributed by atoms with Gasteiger partial charge in [0.15, 0.2) is 10.9 Å². The number of Topliss-reactive ketones (excluding diaryl/α,β-unsaturated/α-hetero) is 1. The molecule has 0 bridgehead atoms. The van der Waals surface area contributed by atoms with Crippen LogP contribution in [0.5, 0.6) is 0 Å². The number of aryl methyl sites for hydroxylation is 2. The van der Waals surface area contributed by atoms with Crippen LogP contribution in [0.3, 0.4) is 0 Å². The molecular weight excluding hydrogens is 352 g/mol. The monoisotopic (exact) mass is 376 g/mol. The number of aromatic nitrogens is 4. The van der Waals surface area contributed by atoms with E-state index in [0.717, 1.165) is 5.82 Å². The summed E-state index contributed by atoms with van der Waals surface area (Å²) in [5, 5.41) is 8.47. The van der Waals surface area contributed by atoms with Crippen LogP contribution in [0.25, 0.3) is 0 Å². The van der Waals surface area contributed by atoms with Gasteiger partial charge in [0, 0.05) is 12.2 Å². The Morgan fingerprint density at radius 2 is 2.04 bits per heavy atom. The van der Waals surface area contributed by atoms with Crippen molar-refractivity contribution in [3.8, 4) is 0 Å². The van der Waals surface area contributed by atoms with E-state index in [4.69, 9.17) is 4.74 Å². The minimum atomic E-state index is -0.417. The molecule has 0 fully saturated rings. The predicted molar refractivity (Wildman–Crippen MR) is 101 cm³/mol. The molecule has 2 rings (SSSR count). The van der Waals surface area contributed by atoms with Crippen molar-refractivity contribution in [1.29, 1.82) is 0 Å². The number of rotatable bonds is 8. The second kappa shape index (κ2) is 8.35. The van der Waals surface area contributed by atoms with Crippen LogP contribution in [0.4, 0.5) is 0 Å². The predicted octanol–water partition coefficient (Wildman–Crippen LogP) is 3.26. The van der Waals surface area contributed by atoms with Crippen LogP contribution in [0.15, 0.2) is 17.8 Å². The highest BCUT2D eigenvalue weighted by atomic mass is 32.2. The molecule has 0 saturated carbocycles. The van der Waals surface area contributed by atoms with Crippen molar-refractivity contribution in [2.75, 3.05) is 6.61 Å². The number of ether oxygens (including phenoxy) is 1. The van der Waals surface area contributed by atoms with Crippen molar-refractivity contribution in [3.63, 3.8) is 0 Å². The molecule has 8 heteroatoms. The summed E-state index contributed by atoms with van der Waals surface area (Å²) < 4.78 is 6.98. The lowest BCUT2D eigenvalue weighted by molar-refractivity contribution is 0.0525. The molecule has 1 atom stereocenters. The number of carbonyl (C=O) groups is 2. The zero-order valence-corrected chi connectivity index (χ0v) is 16.6. The number of aromatic amines is 1. The fourth-order valence-corrected chi connectivity index (χ4v) is 3.67. The van der Waals surface area contributed by atoms with Crippen LogP contribution in [-0.2, 0) is 11.3 Å². The Morgan fingerprint density at radius 3 is 2.65 bits per heavy atom. The van der Waals surface area contributed by atoms with Gasteiger partial charge < -0.3 is 14.3 Å². The van der Waals surface area contributed by atoms with E-state index >= 15 is 0 Å². The molecule has 2 aromatic heterocycles. The van der Waals surface area contributed by atoms with Crippen molar-refractivity contribution in [1.82, 2.24) is 19.7 Å². The van der Waals surface area contributed by atoms with Crippen LogP contribution in [0, 0.1) is 20.8 Å². The highest BCUT2D eigenvalue weighted by molar-refractivity contribution is 8.00. The zero-order valence-electron chi connectivity index (χ0n) is 15.8. The van der Waals surface area contributed by atoms with E-state index < -0.39 is 11.2 Å². The SMILES string of the molecule is C=CCn1c(C)nnc1S[C@@H](C)C(=O)c1[nH]c(C)c(C(=O)OCC)c1C. The van der Waals surface area contributed by atoms with Gasteiger partial charge >= 0.3 is 5.97 Å². The van der Waals surface area contributed by atoms with E-state index in [1.54, 1.807) is 26.8 Å². The average molecular weight is 376 g/mol. The minimum absolute atomic E-state index is 0.100. The molecule has 0 saturated heterocycles. The molecule has 2 heterocycles. The first-order valence-electron chi connectivity index (χ1n) is 8.39. The molecule has 140 valence electrons. The topological polar surface area (TPSA) is 89.9 Å². The second-order valence-electron chi connectivity index (χ2n) is 5.90. The number of nitrogens with zero attached hydrogens (tertiary/aromatic N) is 3. The lowest BCUT2D eigenvalue weighted by Gasteiger charge is -2.11. The van der Waals surface area contributed by atoms with Crippen molar-refractivity contribution < 1.29 is 14.3 Å². The minimum Gasteiger partial charge on any atom is -0.462 e. The quantitative estimate of drug-likeness (QED) is 0.329. The van der Waals surface area contributed by atoms with Crippen molar-refractivity contribution in [3.05, 3.63) is 41.0 Å². The summed E-state index contributed by atoms with van der Waals surface area (Å²) >= 11 is 1.33. The molecule has 26 heavy (non-hydrogen) atoms. The van der Waals surface area contributed by atoms with E-state index in [-0.39, 0.29) is 12.4 Å². The number of allylic oxidation sites excluding steroid dienone is 1. The summed E-state index contributed by atoms with van der Waals surface area (Å²) in [6.07, 6.45) is 1.76. The standard InChI is InChI=1S/C18H24N4O3S/c1-7-9-22-13(6)20-21-18(22)26-12(5)16(23)15-10(3)14(11(4)19-15)17(24)25-8-2/h7,12,19H,1,8-9H2,2-6H3/t12-/m0/s1. The molecule has 0 aliphatic carbocycles. The lowest BCUT2D eigenvalue weighted by atomic mass is 10.1. The molecule has 0 unspecified atom stereocenters. The molecule has 0 aliphatic rings. The third kappa shape index (κ3) is 3.90. The molecule has 0 spiro atoms. The third-order valence-electron chi connectivity index (χ3n) is 4.03. The summed E-state index contributed by atoms with van der Waals surface area (Å²) in [4.78, 5) is 28.1. The van der Waals surface area contributed by atoms with Gasteiger partial charge in [-0.2, -0.15) is 0 Å².